The third-order valence-electron chi connectivity index (χ3n) is 4.39. The maximum Gasteiger partial charge on any atom is 0.261 e. The van der Waals surface area contributed by atoms with E-state index in [0.29, 0.717) is 5.56 Å². The number of carbonyl (C=O) groups is 4. The van der Waals surface area contributed by atoms with E-state index >= 15 is 0 Å². The van der Waals surface area contributed by atoms with Crippen molar-refractivity contribution in [3.05, 3.63) is 70.3 Å². The molecule has 2 aromatic carbocycles. The number of benzene rings is 2. The molecule has 8 heteroatoms. The highest BCUT2D eigenvalue weighted by atomic mass is 16.5. The van der Waals surface area contributed by atoms with Gasteiger partial charge in [-0.25, -0.2) is 0 Å². The molecule has 28 heavy (non-hydrogen) atoms. The van der Waals surface area contributed by atoms with Crippen LogP contribution in [0, 0.1) is 0 Å². The van der Waals surface area contributed by atoms with E-state index in [0.717, 1.165) is 4.90 Å². The first-order valence-corrected chi connectivity index (χ1v) is 8.50. The fourth-order valence-corrected chi connectivity index (χ4v) is 2.86. The predicted octanol–water partition coefficient (Wildman–Crippen LogP) is 0.222. The van der Waals surface area contributed by atoms with Gasteiger partial charge in [0.1, 0.15) is 0 Å². The lowest BCUT2D eigenvalue weighted by molar-refractivity contribution is -0.255. The standard InChI is InChI=1S/C20H18N2O6/c1-28-9-8-22-18(24)15-7-6-14(10-16(15)19(22)25)17(23)21-11-12-2-4-13(5-3-12)20(26)27/h2-7,10H,8-9,11H2,1H3,(H,21,23)(H,26,27)/p-1. The van der Waals surface area contributed by atoms with E-state index in [1.165, 1.54) is 37.4 Å². The molecule has 3 amide bonds. The van der Waals surface area contributed by atoms with Crippen molar-refractivity contribution >= 4 is 23.7 Å². The molecular weight excluding hydrogens is 364 g/mol. The quantitative estimate of drug-likeness (QED) is 0.686. The van der Waals surface area contributed by atoms with Gasteiger partial charge in [0.05, 0.1) is 30.2 Å². The van der Waals surface area contributed by atoms with Crippen LogP contribution in [-0.2, 0) is 11.3 Å². The van der Waals surface area contributed by atoms with E-state index in [1.54, 1.807) is 12.1 Å². The average molecular weight is 381 g/mol. The Labute approximate surface area is 160 Å². The Morgan fingerprint density at radius 3 is 2.29 bits per heavy atom. The van der Waals surface area contributed by atoms with Crippen molar-refractivity contribution in [2.45, 2.75) is 6.54 Å². The van der Waals surface area contributed by atoms with Gasteiger partial charge in [-0.1, -0.05) is 24.3 Å². The molecule has 0 saturated carbocycles. The van der Waals surface area contributed by atoms with Crippen molar-refractivity contribution in [1.29, 1.82) is 0 Å². The summed E-state index contributed by atoms with van der Waals surface area (Å²) in [5.74, 6) is -2.54. The summed E-state index contributed by atoms with van der Waals surface area (Å²) in [6, 6.07) is 10.3. The lowest BCUT2D eigenvalue weighted by atomic mass is 10.1. The summed E-state index contributed by atoms with van der Waals surface area (Å²) in [4.78, 5) is 48.9. The molecular formula is C20H17N2O6-. The minimum Gasteiger partial charge on any atom is -0.545 e. The van der Waals surface area contributed by atoms with Crippen LogP contribution in [0.15, 0.2) is 42.5 Å². The van der Waals surface area contributed by atoms with Crippen LogP contribution in [0.1, 0.15) is 47.0 Å². The van der Waals surface area contributed by atoms with Crippen LogP contribution >= 0.6 is 0 Å². The Balaban J connectivity index is 1.69. The van der Waals surface area contributed by atoms with Gasteiger partial charge >= 0.3 is 0 Å². The minimum absolute atomic E-state index is 0.0508. The van der Waals surface area contributed by atoms with Crippen molar-refractivity contribution in [3.63, 3.8) is 0 Å². The third-order valence-corrected chi connectivity index (χ3v) is 4.39. The summed E-state index contributed by atoms with van der Waals surface area (Å²) in [6.45, 7) is 0.553. The van der Waals surface area contributed by atoms with Gasteiger partial charge < -0.3 is 20.0 Å². The van der Waals surface area contributed by atoms with Gasteiger partial charge in [0.25, 0.3) is 17.7 Å². The van der Waals surface area contributed by atoms with Crippen molar-refractivity contribution in [2.24, 2.45) is 0 Å². The highest BCUT2D eigenvalue weighted by molar-refractivity contribution is 6.22. The Kier molecular flexibility index (Phi) is 5.51. The second kappa shape index (κ2) is 8.01. The van der Waals surface area contributed by atoms with E-state index in [2.05, 4.69) is 5.32 Å². The number of nitrogens with zero attached hydrogens (tertiary/aromatic N) is 1. The van der Waals surface area contributed by atoms with Crippen molar-refractivity contribution < 1.29 is 29.0 Å². The number of nitrogens with one attached hydrogen (secondary N) is 1. The van der Waals surface area contributed by atoms with Gasteiger partial charge in [-0.3, -0.25) is 19.3 Å². The van der Waals surface area contributed by atoms with E-state index in [4.69, 9.17) is 4.74 Å². The molecule has 0 saturated heterocycles. The number of aromatic carboxylic acids is 1. The molecule has 0 bridgehead atoms. The van der Waals surface area contributed by atoms with Gasteiger partial charge in [0.15, 0.2) is 0 Å². The molecule has 0 radical (unpaired) electrons. The summed E-state index contributed by atoms with van der Waals surface area (Å²) in [5.41, 5.74) is 1.45. The van der Waals surface area contributed by atoms with E-state index in [1.807, 2.05) is 0 Å². The first-order valence-electron chi connectivity index (χ1n) is 8.50. The summed E-state index contributed by atoms with van der Waals surface area (Å²) >= 11 is 0. The number of fused-ring (bicyclic) bond motifs is 1. The molecule has 3 rings (SSSR count). The first kappa shape index (κ1) is 19.2. The van der Waals surface area contributed by atoms with Gasteiger partial charge in [0.2, 0.25) is 0 Å². The topological polar surface area (TPSA) is 116 Å². The largest absolute Gasteiger partial charge is 0.545 e. The van der Waals surface area contributed by atoms with Gasteiger partial charge in [-0.05, 0) is 29.3 Å². The van der Waals surface area contributed by atoms with Crippen LogP contribution < -0.4 is 10.4 Å². The number of ether oxygens (including phenoxy) is 1. The zero-order chi connectivity index (χ0) is 20.3. The monoisotopic (exact) mass is 381 g/mol. The number of carboxylic acids is 1. The maximum atomic E-state index is 12.4. The Bertz CT molecular complexity index is 952. The number of carboxylic acid groups (broad SMARTS) is 1. The third kappa shape index (κ3) is 3.77. The molecule has 1 aliphatic heterocycles. The number of amides is 3. The van der Waals surface area contributed by atoms with Crippen molar-refractivity contribution in [1.82, 2.24) is 10.2 Å². The van der Waals surface area contributed by atoms with Gasteiger partial charge in [-0.2, -0.15) is 0 Å². The lowest BCUT2D eigenvalue weighted by Gasteiger charge is -2.12. The summed E-state index contributed by atoms with van der Waals surface area (Å²) in [6.07, 6.45) is 0. The van der Waals surface area contributed by atoms with Gasteiger partial charge in [0, 0.05) is 19.2 Å². The number of imide groups is 1. The molecule has 0 unspecified atom stereocenters. The normalized spacial score (nSPS) is 12.8. The van der Waals surface area contributed by atoms with Crippen molar-refractivity contribution in [2.75, 3.05) is 20.3 Å². The Morgan fingerprint density at radius 2 is 1.64 bits per heavy atom. The lowest BCUT2D eigenvalue weighted by Crippen LogP contribution is -2.32. The molecule has 144 valence electrons. The van der Waals surface area contributed by atoms with Crippen LogP contribution in [0.25, 0.3) is 0 Å². The number of methoxy groups -OCH3 is 1. The molecule has 8 nitrogen and oxygen atoms in total. The number of hydrogen-bond acceptors (Lipinski definition) is 6. The van der Waals surface area contributed by atoms with E-state index in [-0.39, 0.29) is 42.0 Å². The molecule has 0 spiro atoms. The second-order valence-electron chi connectivity index (χ2n) is 6.18. The number of rotatable bonds is 7. The predicted molar refractivity (Wildman–Crippen MR) is 95.6 cm³/mol. The van der Waals surface area contributed by atoms with E-state index in [9.17, 15) is 24.3 Å². The van der Waals surface area contributed by atoms with Gasteiger partial charge in [-0.15, -0.1) is 0 Å². The van der Waals surface area contributed by atoms with Crippen LogP contribution in [0.5, 0.6) is 0 Å². The molecule has 0 fully saturated rings. The molecule has 2 aromatic rings. The zero-order valence-electron chi connectivity index (χ0n) is 15.1. The highest BCUT2D eigenvalue weighted by Crippen LogP contribution is 2.24. The number of hydrogen-bond donors (Lipinski definition) is 1. The molecule has 1 N–H and O–H groups in total. The summed E-state index contributed by atoms with van der Waals surface area (Å²) < 4.78 is 4.91. The highest BCUT2D eigenvalue weighted by Gasteiger charge is 2.35. The van der Waals surface area contributed by atoms with Crippen LogP contribution in [0.3, 0.4) is 0 Å². The number of carbonyl (C=O) groups excluding carboxylic acids is 4. The Morgan fingerprint density at radius 1 is 1.00 bits per heavy atom. The molecule has 1 heterocycles. The van der Waals surface area contributed by atoms with Crippen LogP contribution in [-0.4, -0.2) is 48.9 Å². The fraction of sp³-hybridized carbons (Fsp3) is 0.200. The molecule has 1 aliphatic rings. The minimum atomic E-state index is -1.27. The fourth-order valence-electron chi connectivity index (χ4n) is 2.86. The maximum absolute atomic E-state index is 12.4. The Hall–Kier alpha value is -3.52. The summed E-state index contributed by atoms with van der Waals surface area (Å²) in [5, 5.41) is 13.4. The second-order valence-corrected chi connectivity index (χ2v) is 6.18. The SMILES string of the molecule is COCCN1C(=O)c2ccc(C(=O)NCc3ccc(C(=O)[O-])cc3)cc2C1=O. The average Bonchev–Trinajstić information content (AvgIpc) is 2.94. The van der Waals surface area contributed by atoms with Crippen molar-refractivity contribution in [3.8, 4) is 0 Å². The van der Waals surface area contributed by atoms with E-state index < -0.39 is 23.7 Å². The first-order chi connectivity index (χ1) is 13.4. The molecule has 0 atom stereocenters. The summed E-state index contributed by atoms with van der Waals surface area (Å²) in [7, 11) is 1.48. The van der Waals surface area contributed by atoms with Crippen LogP contribution in [0.4, 0.5) is 0 Å². The molecule has 0 aromatic heterocycles. The molecule has 0 aliphatic carbocycles. The smallest absolute Gasteiger partial charge is 0.261 e. The zero-order valence-corrected chi connectivity index (χ0v) is 15.1. The van der Waals surface area contributed by atoms with Crippen LogP contribution in [0.2, 0.25) is 0 Å².